The van der Waals surface area contributed by atoms with Crippen molar-refractivity contribution >= 4 is 74.9 Å². The molecule has 11 aromatic rings. The highest BCUT2D eigenvalue weighted by molar-refractivity contribution is 7.25. The number of benzene rings is 8. The summed E-state index contributed by atoms with van der Waals surface area (Å²) in [6.07, 6.45) is 0. The van der Waals surface area contributed by atoms with E-state index in [0.717, 1.165) is 22.4 Å². The molecule has 5 heteroatoms. The molecule has 0 spiro atoms. The molecule has 0 amide bonds. The third kappa shape index (κ3) is 4.57. The average Bonchev–Trinajstić information content (AvgIpc) is 3.75. The maximum Gasteiger partial charge on any atom is 0.164 e. The summed E-state index contributed by atoms with van der Waals surface area (Å²) in [6.45, 7) is 0. The zero-order chi connectivity index (χ0) is 34.2. The van der Waals surface area contributed by atoms with E-state index in [1.807, 2.05) is 29.5 Å². The van der Waals surface area contributed by atoms with Crippen LogP contribution >= 0.6 is 11.3 Å². The van der Waals surface area contributed by atoms with Crippen molar-refractivity contribution in [1.29, 1.82) is 0 Å². The molecule has 8 aromatic carbocycles. The lowest BCUT2D eigenvalue weighted by Gasteiger charge is -2.12. The van der Waals surface area contributed by atoms with Gasteiger partial charge in [-0.15, -0.1) is 11.3 Å². The van der Waals surface area contributed by atoms with Crippen LogP contribution in [0, 0.1) is 0 Å². The summed E-state index contributed by atoms with van der Waals surface area (Å²) in [5, 5.41) is 9.88. The zero-order valence-corrected chi connectivity index (χ0v) is 28.7. The van der Waals surface area contributed by atoms with Gasteiger partial charge in [-0.25, -0.2) is 15.0 Å². The largest absolute Gasteiger partial charge is 0.309 e. The fourth-order valence-corrected chi connectivity index (χ4v) is 8.79. The maximum atomic E-state index is 5.11. The maximum absolute atomic E-state index is 5.11. The first-order valence-corrected chi connectivity index (χ1v) is 18.3. The van der Waals surface area contributed by atoms with E-state index in [2.05, 4.69) is 156 Å². The van der Waals surface area contributed by atoms with Gasteiger partial charge in [-0.05, 0) is 76.8 Å². The lowest BCUT2D eigenvalue weighted by molar-refractivity contribution is 1.07. The van der Waals surface area contributed by atoms with Crippen LogP contribution in [0.2, 0.25) is 0 Å². The summed E-state index contributed by atoms with van der Waals surface area (Å²) in [7, 11) is 0. The molecule has 3 heterocycles. The van der Waals surface area contributed by atoms with E-state index in [1.54, 1.807) is 0 Å². The first kappa shape index (κ1) is 29.1. The molecule has 0 aliphatic carbocycles. The van der Waals surface area contributed by atoms with Crippen LogP contribution in [0.1, 0.15) is 0 Å². The van der Waals surface area contributed by atoms with E-state index >= 15 is 0 Å². The van der Waals surface area contributed by atoms with Crippen molar-refractivity contribution in [2.24, 2.45) is 0 Å². The van der Waals surface area contributed by atoms with Gasteiger partial charge < -0.3 is 4.57 Å². The van der Waals surface area contributed by atoms with Crippen molar-refractivity contribution in [3.63, 3.8) is 0 Å². The molecular formula is C47H28N4S. The fourth-order valence-electron chi connectivity index (χ4n) is 7.71. The van der Waals surface area contributed by atoms with Gasteiger partial charge in [0.1, 0.15) is 0 Å². The Hall–Kier alpha value is -6.69. The number of nitrogens with zero attached hydrogens (tertiary/aromatic N) is 4. The van der Waals surface area contributed by atoms with Gasteiger partial charge in [0, 0.05) is 58.7 Å². The first-order valence-electron chi connectivity index (χ1n) is 17.4. The van der Waals surface area contributed by atoms with E-state index < -0.39 is 0 Å². The number of fused-ring (bicyclic) bond motifs is 9. The van der Waals surface area contributed by atoms with Crippen molar-refractivity contribution in [1.82, 2.24) is 19.5 Å². The normalized spacial score (nSPS) is 11.8. The highest BCUT2D eigenvalue weighted by atomic mass is 32.1. The molecule has 0 N–H and O–H groups in total. The molecule has 0 radical (unpaired) electrons. The average molecular weight is 681 g/mol. The predicted octanol–water partition coefficient (Wildman–Crippen LogP) is 12.6. The summed E-state index contributed by atoms with van der Waals surface area (Å²) < 4.78 is 4.95. The summed E-state index contributed by atoms with van der Waals surface area (Å²) in [5.74, 6) is 1.95. The second-order valence-corrected chi connectivity index (χ2v) is 14.3. The number of rotatable bonds is 4. The molecule has 0 saturated heterocycles. The summed E-state index contributed by atoms with van der Waals surface area (Å²) in [5.41, 5.74) is 6.34. The molecule has 4 nitrogen and oxygen atoms in total. The van der Waals surface area contributed by atoms with Crippen LogP contribution in [-0.2, 0) is 0 Å². The van der Waals surface area contributed by atoms with Gasteiger partial charge in [0.15, 0.2) is 17.5 Å². The Balaban J connectivity index is 1.10. The van der Waals surface area contributed by atoms with Crippen LogP contribution in [0.4, 0.5) is 0 Å². The SMILES string of the molecule is c1ccc(-c2nc(-c3ccc(-n4c5cc6ccccc6cc5c5ccc6ccccc6c54)cc3)nc(-c3ccc4sc5ccccc5c4c3)n2)cc1. The predicted molar refractivity (Wildman–Crippen MR) is 218 cm³/mol. The van der Waals surface area contributed by atoms with E-state index in [4.69, 9.17) is 15.0 Å². The van der Waals surface area contributed by atoms with Gasteiger partial charge in [-0.2, -0.15) is 0 Å². The summed E-state index contributed by atoms with van der Waals surface area (Å²) >= 11 is 1.81. The number of hydrogen-bond donors (Lipinski definition) is 0. The van der Waals surface area contributed by atoms with Crippen LogP contribution < -0.4 is 0 Å². The van der Waals surface area contributed by atoms with Gasteiger partial charge in [0.2, 0.25) is 0 Å². The van der Waals surface area contributed by atoms with Gasteiger partial charge >= 0.3 is 0 Å². The molecule has 0 aliphatic heterocycles. The fraction of sp³-hybridized carbons (Fsp3) is 0. The second kappa shape index (κ2) is 11.4. The van der Waals surface area contributed by atoms with Gasteiger partial charge in [0.05, 0.1) is 11.0 Å². The topological polar surface area (TPSA) is 43.6 Å². The lowest BCUT2D eigenvalue weighted by atomic mass is 10.0. The van der Waals surface area contributed by atoms with Crippen molar-refractivity contribution in [3.8, 4) is 39.9 Å². The van der Waals surface area contributed by atoms with Crippen molar-refractivity contribution in [2.45, 2.75) is 0 Å². The molecule has 0 unspecified atom stereocenters. The van der Waals surface area contributed by atoms with Crippen LogP contribution in [0.5, 0.6) is 0 Å². The van der Waals surface area contributed by atoms with Gasteiger partial charge in [-0.1, -0.05) is 109 Å². The highest BCUT2D eigenvalue weighted by Gasteiger charge is 2.18. The molecule has 3 aromatic heterocycles. The molecule has 0 bridgehead atoms. The Morgan fingerprint density at radius 2 is 0.962 bits per heavy atom. The minimum atomic E-state index is 0.643. The Morgan fingerprint density at radius 3 is 1.75 bits per heavy atom. The standard InChI is InChI=1S/C47H28N4S/c1-2-11-30(12-3-1)45-48-46(50-47(49-45)34-21-25-43-40(27-34)37-16-8-9-17-42(37)52-43)31-18-22-35(23-19-31)51-41-28-33-14-5-4-13-32(33)26-39(41)38-24-20-29-10-6-7-15-36(29)44(38)51/h1-28H. The quantitative estimate of drug-likeness (QED) is 0.186. The summed E-state index contributed by atoms with van der Waals surface area (Å²) in [6, 6.07) is 60.4. The molecule has 0 atom stereocenters. The Bertz CT molecular complexity index is 3180. The second-order valence-electron chi connectivity index (χ2n) is 13.3. The zero-order valence-electron chi connectivity index (χ0n) is 27.9. The first-order chi connectivity index (χ1) is 25.7. The van der Waals surface area contributed by atoms with Crippen molar-refractivity contribution in [2.75, 3.05) is 0 Å². The number of hydrogen-bond acceptors (Lipinski definition) is 4. The van der Waals surface area contributed by atoms with Crippen LogP contribution in [-0.4, -0.2) is 19.5 Å². The van der Waals surface area contributed by atoms with Gasteiger partial charge in [-0.3, -0.25) is 0 Å². The Kier molecular flexibility index (Phi) is 6.39. The van der Waals surface area contributed by atoms with Crippen molar-refractivity contribution < 1.29 is 0 Å². The lowest BCUT2D eigenvalue weighted by Crippen LogP contribution is -2.00. The third-order valence-corrected chi connectivity index (χ3v) is 11.4. The monoisotopic (exact) mass is 680 g/mol. The van der Waals surface area contributed by atoms with Crippen molar-refractivity contribution in [3.05, 3.63) is 170 Å². The highest BCUT2D eigenvalue weighted by Crippen LogP contribution is 2.39. The van der Waals surface area contributed by atoms with Crippen LogP contribution in [0.3, 0.4) is 0 Å². The number of thiophene rings is 1. The third-order valence-electron chi connectivity index (χ3n) is 10.2. The van der Waals surface area contributed by atoms with Crippen LogP contribution in [0.15, 0.2) is 170 Å². The molecule has 11 rings (SSSR count). The molecule has 242 valence electrons. The van der Waals surface area contributed by atoms with E-state index in [9.17, 15) is 0 Å². The van der Waals surface area contributed by atoms with E-state index in [0.29, 0.717) is 17.5 Å². The number of aromatic nitrogens is 4. The van der Waals surface area contributed by atoms with E-state index in [-0.39, 0.29) is 0 Å². The Morgan fingerprint density at radius 1 is 0.365 bits per heavy atom. The molecule has 0 aliphatic rings. The minimum Gasteiger partial charge on any atom is -0.309 e. The van der Waals surface area contributed by atoms with E-state index in [1.165, 1.54) is 63.5 Å². The molecule has 52 heavy (non-hydrogen) atoms. The molecule has 0 fully saturated rings. The Labute approximate surface area is 302 Å². The minimum absolute atomic E-state index is 0.643. The smallest absolute Gasteiger partial charge is 0.164 e. The van der Waals surface area contributed by atoms with Gasteiger partial charge in [0.25, 0.3) is 0 Å². The molecular weight excluding hydrogens is 653 g/mol. The molecule has 0 saturated carbocycles. The van der Waals surface area contributed by atoms with Crippen LogP contribution in [0.25, 0.3) is 103 Å². The summed E-state index contributed by atoms with van der Waals surface area (Å²) in [4.78, 5) is 15.2.